The lowest BCUT2D eigenvalue weighted by Gasteiger charge is -2.39. The Balaban J connectivity index is 1.51. The normalized spacial score (nSPS) is 21.4. The Kier molecular flexibility index (Phi) is 7.15. The van der Waals surface area contributed by atoms with Crippen molar-refractivity contribution in [3.05, 3.63) is 40.9 Å². The minimum absolute atomic E-state index is 0.125. The van der Waals surface area contributed by atoms with Gasteiger partial charge in [-0.15, -0.1) is 11.3 Å². The van der Waals surface area contributed by atoms with Crippen molar-refractivity contribution in [1.82, 2.24) is 15.2 Å². The van der Waals surface area contributed by atoms with Gasteiger partial charge in [-0.05, 0) is 32.9 Å². The number of alkyl halides is 3. The summed E-state index contributed by atoms with van der Waals surface area (Å²) in [7, 11) is 0. The van der Waals surface area contributed by atoms with Crippen molar-refractivity contribution in [1.29, 1.82) is 0 Å². The molecule has 1 N–H and O–H groups in total. The summed E-state index contributed by atoms with van der Waals surface area (Å²) in [6, 6.07) is 5.07. The molecule has 3 rings (SSSR count). The van der Waals surface area contributed by atoms with Crippen LogP contribution in [0.25, 0.3) is 10.6 Å². The molecule has 1 amide bonds. The molecule has 3 unspecified atom stereocenters. The molecular weight excluding hydrogens is 415 g/mol. The number of morpholine rings is 1. The maximum Gasteiger partial charge on any atom is 0.416 e. The van der Waals surface area contributed by atoms with Crippen LogP contribution in [0.5, 0.6) is 0 Å². The number of halogens is 3. The summed E-state index contributed by atoms with van der Waals surface area (Å²) < 4.78 is 43.8. The van der Waals surface area contributed by atoms with Crippen LogP contribution in [0, 0.1) is 0 Å². The van der Waals surface area contributed by atoms with Crippen LogP contribution < -0.4 is 5.32 Å². The van der Waals surface area contributed by atoms with E-state index in [2.05, 4.69) is 22.1 Å². The number of ether oxygens (including phenoxy) is 1. The van der Waals surface area contributed by atoms with E-state index >= 15 is 0 Å². The molecule has 164 valence electrons. The number of amides is 1. The number of hydrogen-bond donors (Lipinski definition) is 1. The molecule has 9 heteroatoms. The zero-order chi connectivity index (χ0) is 21.9. The molecule has 3 atom stereocenters. The fourth-order valence-corrected chi connectivity index (χ4v) is 4.34. The smallest absolute Gasteiger partial charge is 0.373 e. The number of carbonyl (C=O) groups is 1. The summed E-state index contributed by atoms with van der Waals surface area (Å²) in [4.78, 5) is 19.0. The zero-order valence-electron chi connectivity index (χ0n) is 17.2. The van der Waals surface area contributed by atoms with Gasteiger partial charge in [0.15, 0.2) is 0 Å². The summed E-state index contributed by atoms with van der Waals surface area (Å²) in [5, 5.41) is 5.31. The summed E-state index contributed by atoms with van der Waals surface area (Å²) in [5.41, 5.74) is 0.512. The fourth-order valence-electron chi connectivity index (χ4n) is 3.52. The second-order valence-electron chi connectivity index (χ2n) is 7.76. The van der Waals surface area contributed by atoms with Gasteiger partial charge in [0.25, 0.3) is 0 Å². The lowest BCUT2D eigenvalue weighted by atomic mass is 10.1. The average molecular weight is 442 g/mol. The first kappa shape index (κ1) is 22.7. The molecule has 1 aromatic heterocycles. The Morgan fingerprint density at radius 2 is 1.90 bits per heavy atom. The molecule has 2 aromatic rings. The molecule has 0 saturated carbocycles. The van der Waals surface area contributed by atoms with E-state index in [0.29, 0.717) is 22.8 Å². The number of nitrogens with one attached hydrogen (secondary N) is 1. The Morgan fingerprint density at radius 3 is 2.50 bits per heavy atom. The first-order valence-electron chi connectivity index (χ1n) is 9.90. The third-order valence-corrected chi connectivity index (χ3v) is 5.96. The highest BCUT2D eigenvalue weighted by molar-refractivity contribution is 7.13. The number of aromatic nitrogens is 1. The summed E-state index contributed by atoms with van der Waals surface area (Å²) in [6.45, 7) is 8.38. The quantitative estimate of drug-likeness (QED) is 0.737. The van der Waals surface area contributed by atoms with Crippen LogP contribution in [-0.2, 0) is 22.1 Å². The van der Waals surface area contributed by atoms with E-state index in [1.54, 1.807) is 5.38 Å². The largest absolute Gasteiger partial charge is 0.416 e. The van der Waals surface area contributed by atoms with E-state index in [0.717, 1.165) is 25.2 Å². The van der Waals surface area contributed by atoms with E-state index in [9.17, 15) is 18.0 Å². The predicted molar refractivity (Wildman–Crippen MR) is 110 cm³/mol. The number of thiazole rings is 1. The summed E-state index contributed by atoms with van der Waals surface area (Å²) in [5.74, 6) is -0.125. The molecule has 0 spiro atoms. The van der Waals surface area contributed by atoms with Gasteiger partial charge in [-0.1, -0.05) is 12.1 Å². The van der Waals surface area contributed by atoms with Crippen LogP contribution in [0.2, 0.25) is 0 Å². The first-order chi connectivity index (χ1) is 14.1. The molecule has 0 aliphatic carbocycles. The molecule has 1 aromatic carbocycles. The van der Waals surface area contributed by atoms with Gasteiger partial charge in [-0.25, -0.2) is 4.98 Å². The van der Waals surface area contributed by atoms with E-state index in [1.807, 2.05) is 13.8 Å². The second-order valence-corrected chi connectivity index (χ2v) is 8.62. The Labute approximate surface area is 178 Å². The highest BCUT2D eigenvalue weighted by atomic mass is 32.1. The molecule has 2 heterocycles. The number of benzene rings is 1. The van der Waals surface area contributed by atoms with Gasteiger partial charge >= 0.3 is 6.18 Å². The Morgan fingerprint density at radius 1 is 1.27 bits per heavy atom. The van der Waals surface area contributed by atoms with Crippen molar-refractivity contribution < 1.29 is 22.7 Å². The number of hydrogen-bond acceptors (Lipinski definition) is 5. The van der Waals surface area contributed by atoms with Gasteiger partial charge in [0.1, 0.15) is 5.01 Å². The number of nitrogens with zero attached hydrogens (tertiary/aromatic N) is 2. The lowest BCUT2D eigenvalue weighted by Crippen LogP contribution is -2.52. The minimum Gasteiger partial charge on any atom is -0.373 e. The highest BCUT2D eigenvalue weighted by Crippen LogP contribution is 2.31. The molecule has 5 nitrogen and oxygen atoms in total. The maximum absolute atomic E-state index is 12.7. The molecule has 1 saturated heterocycles. The van der Waals surface area contributed by atoms with Crippen LogP contribution in [0.15, 0.2) is 29.6 Å². The van der Waals surface area contributed by atoms with Crippen molar-refractivity contribution in [2.24, 2.45) is 0 Å². The molecule has 30 heavy (non-hydrogen) atoms. The van der Waals surface area contributed by atoms with Gasteiger partial charge < -0.3 is 10.1 Å². The van der Waals surface area contributed by atoms with Gasteiger partial charge in [0, 0.05) is 36.6 Å². The SMILES string of the molecule is CC1CN(C(C)CNC(=O)Cc2csc(-c3ccc(C(F)(F)F)cc3)n2)CC(C)O1. The monoisotopic (exact) mass is 441 g/mol. The molecule has 0 bridgehead atoms. The highest BCUT2D eigenvalue weighted by Gasteiger charge is 2.30. The average Bonchev–Trinajstić information content (AvgIpc) is 3.13. The first-order valence-corrected chi connectivity index (χ1v) is 10.8. The maximum atomic E-state index is 12.7. The summed E-state index contributed by atoms with van der Waals surface area (Å²) >= 11 is 1.31. The molecule has 1 aliphatic heterocycles. The minimum atomic E-state index is -4.36. The Hall–Kier alpha value is -1.97. The van der Waals surface area contributed by atoms with Crippen molar-refractivity contribution in [3.63, 3.8) is 0 Å². The van der Waals surface area contributed by atoms with Gasteiger partial charge in [-0.2, -0.15) is 13.2 Å². The fraction of sp³-hybridized carbons (Fsp3) is 0.524. The van der Waals surface area contributed by atoms with Gasteiger partial charge in [0.2, 0.25) is 5.91 Å². The zero-order valence-corrected chi connectivity index (χ0v) is 18.0. The number of rotatable bonds is 6. The van der Waals surface area contributed by atoms with Crippen LogP contribution in [0.1, 0.15) is 32.0 Å². The van der Waals surface area contributed by atoms with Crippen molar-refractivity contribution in [3.8, 4) is 10.6 Å². The summed E-state index contributed by atoms with van der Waals surface area (Å²) in [6.07, 6.45) is -3.88. The standard InChI is InChI=1S/C21H26F3N3O2S/c1-13(27-10-14(2)29-15(3)11-27)9-25-19(28)8-18-12-30-20(26-18)16-4-6-17(7-5-16)21(22,23)24/h4-7,12-15H,8-11H2,1-3H3,(H,25,28). The molecule has 0 radical (unpaired) electrons. The van der Waals surface area contributed by atoms with Crippen molar-refractivity contribution in [2.75, 3.05) is 19.6 Å². The van der Waals surface area contributed by atoms with Gasteiger partial charge in [-0.3, -0.25) is 9.69 Å². The van der Waals surface area contributed by atoms with Crippen LogP contribution >= 0.6 is 11.3 Å². The predicted octanol–water partition coefficient (Wildman–Crippen LogP) is 3.99. The third-order valence-electron chi connectivity index (χ3n) is 5.02. The second kappa shape index (κ2) is 9.45. The third kappa shape index (κ3) is 6.02. The molecule has 1 fully saturated rings. The van der Waals surface area contributed by atoms with Crippen LogP contribution in [0.4, 0.5) is 13.2 Å². The van der Waals surface area contributed by atoms with E-state index in [-0.39, 0.29) is 30.6 Å². The van der Waals surface area contributed by atoms with Crippen molar-refractivity contribution in [2.45, 2.75) is 51.6 Å². The topological polar surface area (TPSA) is 54.5 Å². The van der Waals surface area contributed by atoms with Gasteiger partial charge in [0.05, 0.1) is 29.9 Å². The number of carbonyl (C=O) groups excluding carboxylic acids is 1. The van der Waals surface area contributed by atoms with Crippen molar-refractivity contribution >= 4 is 17.2 Å². The molecular formula is C21H26F3N3O2S. The van der Waals surface area contributed by atoms with E-state index in [4.69, 9.17) is 4.74 Å². The van der Waals surface area contributed by atoms with E-state index in [1.165, 1.54) is 23.5 Å². The van der Waals surface area contributed by atoms with Crippen LogP contribution in [0.3, 0.4) is 0 Å². The Bertz CT molecular complexity index is 844. The molecule has 1 aliphatic rings. The van der Waals surface area contributed by atoms with Crippen LogP contribution in [-0.4, -0.2) is 53.7 Å². The lowest BCUT2D eigenvalue weighted by molar-refractivity contribution is -0.137. The van der Waals surface area contributed by atoms with E-state index < -0.39 is 11.7 Å².